The van der Waals surface area contributed by atoms with Crippen LogP contribution in [0.5, 0.6) is 0 Å². The molecule has 0 aliphatic heterocycles. The van der Waals surface area contributed by atoms with Crippen molar-refractivity contribution in [3.8, 4) is 0 Å². The molecule has 0 radical (unpaired) electrons. The lowest BCUT2D eigenvalue weighted by Gasteiger charge is -2.17. The molecule has 0 aliphatic carbocycles. The van der Waals surface area contributed by atoms with Crippen LogP contribution in [0, 0.1) is 5.82 Å². The van der Waals surface area contributed by atoms with E-state index in [0.29, 0.717) is 12.1 Å². The zero-order valence-electron chi connectivity index (χ0n) is 10.7. The van der Waals surface area contributed by atoms with Gasteiger partial charge in [-0.25, -0.2) is 4.39 Å². The minimum absolute atomic E-state index is 0.162. The van der Waals surface area contributed by atoms with Gasteiger partial charge in [0.1, 0.15) is 5.82 Å². The highest BCUT2D eigenvalue weighted by atomic mass is 79.9. The quantitative estimate of drug-likeness (QED) is 0.867. The lowest BCUT2D eigenvalue weighted by molar-refractivity contribution is 0.313. The van der Waals surface area contributed by atoms with Crippen molar-refractivity contribution in [3.05, 3.63) is 63.9 Å². The first kappa shape index (κ1) is 14.0. The molecule has 4 heteroatoms. The number of anilines is 1. The molecule has 0 saturated carbocycles. The van der Waals surface area contributed by atoms with E-state index in [9.17, 15) is 4.39 Å². The zero-order chi connectivity index (χ0) is 13.8. The molecule has 0 atom stereocenters. The van der Waals surface area contributed by atoms with E-state index in [4.69, 9.17) is 5.73 Å². The van der Waals surface area contributed by atoms with Crippen molar-refractivity contribution in [2.75, 3.05) is 12.8 Å². The standard InChI is InChI=1S/C15H16BrFN2/c1-19(10-12-4-2-3-5-14(12)17)9-11-6-7-13(16)15(18)8-11/h2-8H,9-10,18H2,1H3. The highest BCUT2D eigenvalue weighted by Gasteiger charge is 2.06. The van der Waals surface area contributed by atoms with Crippen LogP contribution < -0.4 is 5.73 Å². The smallest absolute Gasteiger partial charge is 0.127 e. The Hall–Kier alpha value is -1.39. The first-order chi connectivity index (χ1) is 9.06. The van der Waals surface area contributed by atoms with Gasteiger partial charge in [0, 0.05) is 28.8 Å². The average molecular weight is 323 g/mol. The number of benzene rings is 2. The second-order valence-corrected chi connectivity index (χ2v) is 5.47. The predicted molar refractivity (Wildman–Crippen MR) is 80.1 cm³/mol. The molecule has 0 aromatic heterocycles. The summed E-state index contributed by atoms with van der Waals surface area (Å²) in [5.41, 5.74) is 8.38. The number of halogens is 2. The zero-order valence-corrected chi connectivity index (χ0v) is 12.3. The van der Waals surface area contributed by atoms with Crippen molar-refractivity contribution in [2.45, 2.75) is 13.1 Å². The number of hydrogen-bond acceptors (Lipinski definition) is 2. The molecule has 2 aromatic carbocycles. The van der Waals surface area contributed by atoms with E-state index < -0.39 is 0 Å². The molecule has 2 aromatic rings. The van der Waals surface area contributed by atoms with Crippen LogP contribution in [0.3, 0.4) is 0 Å². The normalized spacial score (nSPS) is 10.9. The number of hydrogen-bond donors (Lipinski definition) is 1. The average Bonchev–Trinajstić information content (AvgIpc) is 2.37. The van der Waals surface area contributed by atoms with Gasteiger partial charge in [0.2, 0.25) is 0 Å². The SMILES string of the molecule is CN(Cc1ccc(Br)c(N)c1)Cc1ccccc1F. The Morgan fingerprint density at radius 3 is 2.58 bits per heavy atom. The summed E-state index contributed by atoms with van der Waals surface area (Å²) in [5.74, 6) is -0.162. The van der Waals surface area contributed by atoms with Crippen LogP contribution in [0.1, 0.15) is 11.1 Å². The third-order valence-corrected chi connectivity index (χ3v) is 3.63. The summed E-state index contributed by atoms with van der Waals surface area (Å²) in [6.07, 6.45) is 0. The van der Waals surface area contributed by atoms with Crippen molar-refractivity contribution >= 4 is 21.6 Å². The Bertz CT molecular complexity index is 572. The van der Waals surface area contributed by atoms with Crippen LogP contribution in [0.2, 0.25) is 0 Å². The van der Waals surface area contributed by atoms with E-state index in [1.165, 1.54) is 6.07 Å². The van der Waals surface area contributed by atoms with Gasteiger partial charge >= 0.3 is 0 Å². The van der Waals surface area contributed by atoms with Crippen LogP contribution in [0.4, 0.5) is 10.1 Å². The highest BCUT2D eigenvalue weighted by molar-refractivity contribution is 9.10. The van der Waals surface area contributed by atoms with Crippen LogP contribution in [0.25, 0.3) is 0 Å². The Kier molecular flexibility index (Phi) is 4.56. The first-order valence-electron chi connectivity index (χ1n) is 6.02. The highest BCUT2D eigenvalue weighted by Crippen LogP contribution is 2.21. The van der Waals surface area contributed by atoms with Gasteiger partial charge in [-0.2, -0.15) is 0 Å². The summed E-state index contributed by atoms with van der Waals surface area (Å²) >= 11 is 3.37. The van der Waals surface area contributed by atoms with Gasteiger partial charge in [-0.15, -0.1) is 0 Å². The van der Waals surface area contributed by atoms with Gasteiger partial charge in [-0.1, -0.05) is 24.3 Å². The third kappa shape index (κ3) is 3.78. The Labute approximate surface area is 121 Å². The summed E-state index contributed by atoms with van der Waals surface area (Å²) in [5, 5.41) is 0. The van der Waals surface area contributed by atoms with Crippen molar-refractivity contribution < 1.29 is 4.39 Å². The summed E-state index contributed by atoms with van der Waals surface area (Å²) in [6.45, 7) is 1.30. The fourth-order valence-electron chi connectivity index (χ4n) is 1.98. The lowest BCUT2D eigenvalue weighted by Crippen LogP contribution is -2.18. The van der Waals surface area contributed by atoms with E-state index in [2.05, 4.69) is 20.8 Å². The maximum absolute atomic E-state index is 13.6. The Balaban J connectivity index is 2.03. The van der Waals surface area contributed by atoms with Gasteiger partial charge in [-0.05, 0) is 46.7 Å². The topological polar surface area (TPSA) is 29.3 Å². The molecule has 19 heavy (non-hydrogen) atoms. The van der Waals surface area contributed by atoms with E-state index in [0.717, 1.165) is 22.3 Å². The molecule has 0 saturated heterocycles. The number of nitrogens with two attached hydrogens (primary N) is 1. The van der Waals surface area contributed by atoms with Crippen LogP contribution >= 0.6 is 15.9 Å². The maximum atomic E-state index is 13.6. The molecule has 0 spiro atoms. The molecule has 100 valence electrons. The van der Waals surface area contributed by atoms with Crippen molar-refractivity contribution in [3.63, 3.8) is 0 Å². The summed E-state index contributed by atoms with van der Waals surface area (Å²) in [4.78, 5) is 2.06. The Morgan fingerprint density at radius 2 is 1.89 bits per heavy atom. The van der Waals surface area contributed by atoms with Crippen molar-refractivity contribution in [1.82, 2.24) is 4.90 Å². The summed E-state index contributed by atoms with van der Waals surface area (Å²) in [6, 6.07) is 12.7. The van der Waals surface area contributed by atoms with Gasteiger partial charge in [0.05, 0.1) is 0 Å². The molecule has 0 aliphatic rings. The molecule has 0 fully saturated rings. The minimum Gasteiger partial charge on any atom is -0.398 e. The van der Waals surface area contributed by atoms with E-state index in [1.807, 2.05) is 37.4 Å². The molecule has 0 amide bonds. The Morgan fingerprint density at radius 1 is 1.16 bits per heavy atom. The third-order valence-electron chi connectivity index (χ3n) is 2.91. The van der Waals surface area contributed by atoms with Crippen molar-refractivity contribution in [1.29, 1.82) is 0 Å². The van der Waals surface area contributed by atoms with E-state index in [-0.39, 0.29) is 5.82 Å². The van der Waals surface area contributed by atoms with Gasteiger partial charge in [0.15, 0.2) is 0 Å². The minimum atomic E-state index is -0.162. The number of nitrogens with zero attached hydrogens (tertiary/aromatic N) is 1. The van der Waals surface area contributed by atoms with Gasteiger partial charge in [0.25, 0.3) is 0 Å². The largest absolute Gasteiger partial charge is 0.398 e. The molecule has 2 N–H and O–H groups in total. The summed E-state index contributed by atoms with van der Waals surface area (Å²) in [7, 11) is 1.96. The van der Waals surface area contributed by atoms with E-state index >= 15 is 0 Å². The fraction of sp³-hybridized carbons (Fsp3) is 0.200. The number of rotatable bonds is 4. The molecule has 0 unspecified atom stereocenters. The monoisotopic (exact) mass is 322 g/mol. The van der Waals surface area contributed by atoms with Crippen LogP contribution in [0.15, 0.2) is 46.9 Å². The molecule has 2 nitrogen and oxygen atoms in total. The second-order valence-electron chi connectivity index (χ2n) is 4.62. The van der Waals surface area contributed by atoms with Gasteiger partial charge < -0.3 is 5.73 Å². The van der Waals surface area contributed by atoms with Crippen LogP contribution in [-0.4, -0.2) is 11.9 Å². The van der Waals surface area contributed by atoms with Gasteiger partial charge in [-0.3, -0.25) is 4.90 Å². The summed E-state index contributed by atoms with van der Waals surface area (Å²) < 4.78 is 14.4. The molecule has 0 heterocycles. The second kappa shape index (κ2) is 6.17. The lowest BCUT2D eigenvalue weighted by atomic mass is 10.1. The molecular formula is C15H16BrFN2. The predicted octanol–water partition coefficient (Wildman–Crippen LogP) is 3.80. The number of nitrogen functional groups attached to an aromatic ring is 1. The first-order valence-corrected chi connectivity index (χ1v) is 6.81. The molecule has 0 bridgehead atoms. The molecular weight excluding hydrogens is 307 g/mol. The maximum Gasteiger partial charge on any atom is 0.127 e. The van der Waals surface area contributed by atoms with E-state index in [1.54, 1.807) is 6.07 Å². The molecule has 2 rings (SSSR count). The van der Waals surface area contributed by atoms with Crippen LogP contribution in [-0.2, 0) is 13.1 Å². The fourth-order valence-corrected chi connectivity index (χ4v) is 2.22. The van der Waals surface area contributed by atoms with Crippen molar-refractivity contribution in [2.24, 2.45) is 0 Å².